The smallest absolute Gasteiger partial charge is 0.220 e. The van der Waals surface area contributed by atoms with Gasteiger partial charge in [0.25, 0.3) is 0 Å². The van der Waals surface area contributed by atoms with Gasteiger partial charge in [-0.2, -0.15) is 0 Å². The van der Waals surface area contributed by atoms with E-state index in [2.05, 4.69) is 43.5 Å². The molecular weight excluding hydrogens is 879 g/mol. The highest BCUT2D eigenvalue weighted by atomic mass is 16.8. The Morgan fingerprint density at radius 2 is 0.985 bits per heavy atom. The van der Waals surface area contributed by atoms with E-state index in [1.165, 1.54) is 25.7 Å². The molecule has 3 heterocycles. The monoisotopic (exact) mass is 966 g/mol. The van der Waals surface area contributed by atoms with E-state index in [1.54, 1.807) is 0 Å². The number of aliphatic hydroxyl groups excluding tert-OH is 11. The lowest BCUT2D eigenvalue weighted by molar-refractivity contribution is -0.379. The summed E-state index contributed by atoms with van der Waals surface area (Å²) in [4.78, 5) is 13.2. The molecule has 0 spiro atoms. The van der Waals surface area contributed by atoms with Crippen molar-refractivity contribution in [3.63, 3.8) is 0 Å². The molecule has 19 nitrogen and oxygen atoms in total. The van der Waals surface area contributed by atoms with Crippen molar-refractivity contribution in [2.45, 2.75) is 247 Å². The van der Waals surface area contributed by atoms with Gasteiger partial charge in [0.2, 0.25) is 5.91 Å². The second-order valence-corrected chi connectivity index (χ2v) is 18.3. The van der Waals surface area contributed by atoms with Gasteiger partial charge in [0.1, 0.15) is 73.2 Å². The topological polar surface area (TPSA) is 307 Å². The van der Waals surface area contributed by atoms with E-state index in [-0.39, 0.29) is 18.9 Å². The Bertz CT molecular complexity index is 1340. The van der Waals surface area contributed by atoms with Gasteiger partial charge in [-0.1, -0.05) is 115 Å². The maximum Gasteiger partial charge on any atom is 0.220 e. The molecule has 3 fully saturated rings. The number of hydrogen-bond acceptors (Lipinski definition) is 18. The van der Waals surface area contributed by atoms with E-state index in [4.69, 9.17) is 28.4 Å². The summed E-state index contributed by atoms with van der Waals surface area (Å²) in [7, 11) is 0. The predicted molar refractivity (Wildman–Crippen MR) is 245 cm³/mol. The van der Waals surface area contributed by atoms with Gasteiger partial charge in [-0.3, -0.25) is 4.79 Å². The first kappa shape index (κ1) is 59.6. The van der Waals surface area contributed by atoms with Crippen molar-refractivity contribution in [1.82, 2.24) is 5.32 Å². The van der Waals surface area contributed by atoms with Crippen LogP contribution in [0.3, 0.4) is 0 Å². The Morgan fingerprint density at radius 1 is 0.537 bits per heavy atom. The molecule has 0 saturated carbocycles. The van der Waals surface area contributed by atoms with Gasteiger partial charge in [0.05, 0.1) is 38.6 Å². The number of unbranched alkanes of at least 4 members (excludes halogenated alkanes) is 14. The molecule has 3 aliphatic heterocycles. The number of ether oxygens (including phenoxy) is 6. The van der Waals surface area contributed by atoms with E-state index < -0.39 is 124 Å². The molecule has 0 aromatic heterocycles. The quantitative estimate of drug-likeness (QED) is 0.0319. The minimum Gasteiger partial charge on any atom is -0.394 e. The van der Waals surface area contributed by atoms with Crippen LogP contribution in [0.25, 0.3) is 0 Å². The van der Waals surface area contributed by atoms with E-state index in [1.807, 2.05) is 0 Å². The summed E-state index contributed by atoms with van der Waals surface area (Å²) in [5.41, 5.74) is 0. The first-order chi connectivity index (χ1) is 32.3. The normalized spacial score (nSPS) is 33.7. The van der Waals surface area contributed by atoms with E-state index in [0.717, 1.165) is 83.5 Å². The Morgan fingerprint density at radius 3 is 1.55 bits per heavy atom. The number of rotatable bonds is 34. The lowest BCUT2D eigenvalue weighted by Crippen LogP contribution is -2.66. The van der Waals surface area contributed by atoms with Crippen molar-refractivity contribution >= 4 is 5.91 Å². The van der Waals surface area contributed by atoms with Gasteiger partial charge in [-0.25, -0.2) is 0 Å². The van der Waals surface area contributed by atoms with Crippen molar-refractivity contribution < 1.29 is 89.4 Å². The largest absolute Gasteiger partial charge is 0.394 e. The summed E-state index contributed by atoms with van der Waals surface area (Å²) in [5, 5.41) is 119. The second-order valence-electron chi connectivity index (χ2n) is 18.3. The molecule has 67 heavy (non-hydrogen) atoms. The van der Waals surface area contributed by atoms with Gasteiger partial charge >= 0.3 is 0 Å². The van der Waals surface area contributed by atoms with Crippen LogP contribution in [0.2, 0.25) is 0 Å². The van der Waals surface area contributed by atoms with Gasteiger partial charge in [0, 0.05) is 6.42 Å². The molecule has 1 amide bonds. The maximum absolute atomic E-state index is 13.2. The van der Waals surface area contributed by atoms with Crippen molar-refractivity contribution in [2.24, 2.45) is 0 Å². The predicted octanol–water partition coefficient (Wildman–Crippen LogP) is 1.25. The number of hydrogen-bond donors (Lipinski definition) is 12. The van der Waals surface area contributed by atoms with Crippen LogP contribution in [0, 0.1) is 0 Å². The summed E-state index contributed by atoms with van der Waals surface area (Å²) in [6.07, 6.45) is 1.79. The zero-order chi connectivity index (χ0) is 49.1. The second kappa shape index (κ2) is 33.8. The SMILES string of the molecule is CCCCC/C=C\C/C=C\CCCCCCCC(=O)NC(COC1OC(CO)C(OC2OC(CO)C(OC3OC(CO)C(O)C(O)C3O)C(O)C2O)C(O)C1O)C(O)CCCCCCCCC. The molecule has 0 aromatic rings. The summed E-state index contributed by atoms with van der Waals surface area (Å²) < 4.78 is 34.1. The van der Waals surface area contributed by atoms with Gasteiger partial charge in [0.15, 0.2) is 18.9 Å². The number of allylic oxidation sites excluding steroid dienone is 4. The van der Waals surface area contributed by atoms with Crippen molar-refractivity contribution in [3.05, 3.63) is 24.3 Å². The van der Waals surface area contributed by atoms with Gasteiger partial charge in [-0.05, 0) is 44.9 Å². The van der Waals surface area contributed by atoms with Crippen LogP contribution in [0.4, 0.5) is 0 Å². The Kier molecular flexibility index (Phi) is 30.0. The highest BCUT2D eigenvalue weighted by Crippen LogP contribution is 2.33. The van der Waals surface area contributed by atoms with Gasteiger partial charge in [-0.15, -0.1) is 0 Å². The van der Waals surface area contributed by atoms with Gasteiger partial charge < -0.3 is 89.9 Å². The third-order valence-electron chi connectivity index (χ3n) is 12.8. The molecule has 3 aliphatic rings. The van der Waals surface area contributed by atoms with E-state index >= 15 is 0 Å². The fourth-order valence-corrected chi connectivity index (χ4v) is 8.52. The molecule has 0 radical (unpaired) electrons. The van der Waals surface area contributed by atoms with Crippen LogP contribution in [0.15, 0.2) is 24.3 Å². The Labute approximate surface area is 397 Å². The number of aliphatic hydroxyl groups is 11. The summed E-state index contributed by atoms with van der Waals surface area (Å²) >= 11 is 0. The van der Waals surface area contributed by atoms with Crippen LogP contribution >= 0.6 is 0 Å². The fourth-order valence-electron chi connectivity index (χ4n) is 8.52. The van der Waals surface area contributed by atoms with Crippen molar-refractivity contribution in [1.29, 1.82) is 0 Å². The molecule has 17 atom stereocenters. The highest BCUT2D eigenvalue weighted by Gasteiger charge is 2.53. The van der Waals surface area contributed by atoms with E-state index in [9.17, 15) is 61.0 Å². The number of amides is 1. The summed E-state index contributed by atoms with van der Waals surface area (Å²) in [5.74, 6) is -0.264. The molecule has 0 aromatic carbocycles. The van der Waals surface area contributed by atoms with Crippen molar-refractivity contribution in [2.75, 3.05) is 26.4 Å². The zero-order valence-corrected chi connectivity index (χ0v) is 39.9. The molecule has 0 bridgehead atoms. The Balaban J connectivity index is 1.54. The lowest BCUT2D eigenvalue weighted by Gasteiger charge is -2.48. The maximum atomic E-state index is 13.2. The third-order valence-corrected chi connectivity index (χ3v) is 12.8. The molecule has 392 valence electrons. The summed E-state index contributed by atoms with van der Waals surface area (Å²) in [6, 6.07) is -0.888. The highest BCUT2D eigenvalue weighted by molar-refractivity contribution is 5.76. The molecule has 17 unspecified atom stereocenters. The summed E-state index contributed by atoms with van der Waals surface area (Å²) in [6.45, 7) is 1.64. The molecule has 12 N–H and O–H groups in total. The lowest BCUT2D eigenvalue weighted by atomic mass is 9.96. The third kappa shape index (κ3) is 20.1. The van der Waals surface area contributed by atoms with Crippen LogP contribution in [0.1, 0.15) is 142 Å². The van der Waals surface area contributed by atoms with E-state index in [0.29, 0.717) is 12.8 Å². The molecular formula is C48H87NO18. The van der Waals surface area contributed by atoms with Crippen LogP contribution in [-0.4, -0.2) is 193 Å². The number of carbonyl (C=O) groups is 1. The Hall–Kier alpha value is -1.73. The zero-order valence-electron chi connectivity index (χ0n) is 39.9. The number of carbonyl (C=O) groups excluding carboxylic acids is 1. The standard InChI is InChI=1S/C48H87NO18/c1-3-5-7-9-11-12-13-14-15-16-17-18-20-22-24-26-36(54)49-31(32(53)25-23-21-19-10-8-6-4-2)30-62-46-42(60)39(57)44(34(28-51)64-46)67-48-43(61)40(58)45(35(29-52)65-48)66-47-41(59)38(56)37(55)33(27-50)63-47/h11-12,14-15,31-35,37-48,50-53,55-61H,3-10,13,16-30H2,1-2H3,(H,49,54)/b12-11-,15-14-. The van der Waals surface area contributed by atoms with Crippen LogP contribution < -0.4 is 5.32 Å². The minimum absolute atomic E-state index is 0.250. The number of nitrogens with one attached hydrogen (secondary N) is 1. The first-order valence-corrected chi connectivity index (χ1v) is 25.1. The molecule has 0 aliphatic carbocycles. The average Bonchev–Trinajstić information content (AvgIpc) is 3.32. The molecule has 3 saturated heterocycles. The van der Waals surface area contributed by atoms with Crippen LogP contribution in [0.5, 0.6) is 0 Å². The fraction of sp³-hybridized carbons (Fsp3) is 0.896. The van der Waals surface area contributed by atoms with Crippen LogP contribution in [-0.2, 0) is 33.2 Å². The first-order valence-electron chi connectivity index (χ1n) is 25.1. The molecule has 3 rings (SSSR count). The van der Waals surface area contributed by atoms with Crippen molar-refractivity contribution in [3.8, 4) is 0 Å². The average molecular weight is 966 g/mol. The molecule has 19 heteroatoms. The minimum atomic E-state index is -1.97.